The van der Waals surface area contributed by atoms with Crippen LogP contribution in [0.25, 0.3) is 0 Å². The Morgan fingerprint density at radius 1 is 1.50 bits per heavy atom. The zero-order chi connectivity index (χ0) is 12.2. The molecular formula is C9H10F3N3S. The molecular weight excluding hydrogens is 239 g/mol. The van der Waals surface area contributed by atoms with E-state index < -0.39 is 12.6 Å². The zero-order valence-corrected chi connectivity index (χ0v) is 9.03. The van der Waals surface area contributed by atoms with Crippen LogP contribution in [0.5, 0.6) is 0 Å². The molecule has 1 aromatic heterocycles. The second-order valence-electron chi connectivity index (χ2n) is 3.06. The maximum Gasteiger partial charge on any atom is 0.390 e. The zero-order valence-electron chi connectivity index (χ0n) is 8.21. The summed E-state index contributed by atoms with van der Waals surface area (Å²) >= 11 is 4.75. The summed E-state index contributed by atoms with van der Waals surface area (Å²) in [4.78, 5) is 3.97. The Labute approximate surface area is 95.9 Å². The minimum atomic E-state index is -4.19. The predicted octanol–water partition coefficient (Wildman–Crippen LogP) is 2.08. The fraction of sp³-hybridized carbons (Fsp3) is 0.333. The lowest BCUT2D eigenvalue weighted by atomic mass is 10.2. The van der Waals surface area contributed by atoms with E-state index >= 15 is 0 Å². The highest BCUT2D eigenvalue weighted by Gasteiger charge is 2.26. The summed E-state index contributed by atoms with van der Waals surface area (Å²) in [5.74, 6) is 0.277. The highest BCUT2D eigenvalue weighted by Crippen LogP contribution is 2.19. The van der Waals surface area contributed by atoms with Crippen molar-refractivity contribution >= 4 is 23.0 Å². The number of hydrogen-bond acceptors (Lipinski definition) is 3. The van der Waals surface area contributed by atoms with Crippen LogP contribution in [0.4, 0.5) is 19.0 Å². The van der Waals surface area contributed by atoms with Crippen molar-refractivity contribution < 1.29 is 13.2 Å². The quantitative estimate of drug-likeness (QED) is 0.802. The minimum Gasteiger partial charge on any atom is -0.389 e. The maximum atomic E-state index is 11.9. The number of aromatic nitrogens is 1. The normalized spacial score (nSPS) is 11.2. The Balaban J connectivity index is 2.64. The molecule has 0 aliphatic rings. The van der Waals surface area contributed by atoms with E-state index in [4.69, 9.17) is 18.0 Å². The van der Waals surface area contributed by atoms with Gasteiger partial charge in [0.15, 0.2) is 0 Å². The van der Waals surface area contributed by atoms with Gasteiger partial charge in [-0.25, -0.2) is 4.98 Å². The first-order valence-electron chi connectivity index (χ1n) is 4.45. The van der Waals surface area contributed by atoms with Gasteiger partial charge in [0, 0.05) is 12.7 Å². The third-order valence-corrected chi connectivity index (χ3v) is 1.99. The van der Waals surface area contributed by atoms with E-state index in [-0.39, 0.29) is 17.4 Å². The lowest BCUT2D eigenvalue weighted by Gasteiger charge is -2.10. The summed E-state index contributed by atoms with van der Waals surface area (Å²) in [6.07, 6.45) is -3.66. The summed E-state index contributed by atoms with van der Waals surface area (Å²) in [6.45, 7) is -0.254. The third kappa shape index (κ3) is 4.01. The van der Waals surface area contributed by atoms with Crippen molar-refractivity contribution in [2.75, 3.05) is 11.9 Å². The predicted molar refractivity (Wildman–Crippen MR) is 59.3 cm³/mol. The fourth-order valence-corrected chi connectivity index (χ4v) is 1.23. The summed E-state index contributed by atoms with van der Waals surface area (Å²) in [5.41, 5.74) is 5.85. The first-order valence-corrected chi connectivity index (χ1v) is 4.86. The number of halogens is 3. The molecule has 1 heterocycles. The Bertz CT molecular complexity index is 379. The van der Waals surface area contributed by atoms with E-state index in [1.807, 2.05) is 0 Å². The van der Waals surface area contributed by atoms with Gasteiger partial charge in [0.05, 0.1) is 12.0 Å². The molecule has 0 aliphatic heterocycles. The summed E-state index contributed by atoms with van der Waals surface area (Å²) in [6, 6.07) is 3.22. The average molecular weight is 249 g/mol. The number of anilines is 1. The van der Waals surface area contributed by atoms with Crippen molar-refractivity contribution in [2.24, 2.45) is 5.73 Å². The molecule has 0 bridgehead atoms. The number of alkyl halides is 3. The van der Waals surface area contributed by atoms with Gasteiger partial charge >= 0.3 is 6.18 Å². The molecule has 0 unspecified atom stereocenters. The molecule has 0 saturated carbocycles. The monoisotopic (exact) mass is 249 g/mol. The molecule has 1 rings (SSSR count). The second-order valence-corrected chi connectivity index (χ2v) is 3.50. The number of nitrogens with zero attached hydrogens (tertiary/aromatic N) is 1. The molecule has 3 nitrogen and oxygen atoms in total. The highest BCUT2D eigenvalue weighted by atomic mass is 32.1. The first-order chi connectivity index (χ1) is 7.40. The number of pyridine rings is 1. The molecule has 16 heavy (non-hydrogen) atoms. The highest BCUT2D eigenvalue weighted by molar-refractivity contribution is 7.80. The molecule has 0 radical (unpaired) electrons. The van der Waals surface area contributed by atoms with Crippen LogP contribution >= 0.6 is 12.2 Å². The lowest BCUT2D eigenvalue weighted by molar-refractivity contribution is -0.131. The van der Waals surface area contributed by atoms with Crippen LogP contribution in [0.15, 0.2) is 18.3 Å². The van der Waals surface area contributed by atoms with Crippen molar-refractivity contribution in [1.82, 2.24) is 4.98 Å². The van der Waals surface area contributed by atoms with Gasteiger partial charge in [-0.1, -0.05) is 12.2 Å². The topological polar surface area (TPSA) is 50.9 Å². The Morgan fingerprint density at radius 2 is 2.19 bits per heavy atom. The summed E-state index contributed by atoms with van der Waals surface area (Å²) in [5, 5.41) is 2.55. The smallest absolute Gasteiger partial charge is 0.389 e. The number of hydrogen-bond donors (Lipinski definition) is 2. The first kappa shape index (κ1) is 12.7. The summed E-state index contributed by atoms with van der Waals surface area (Å²) in [7, 11) is 0. The van der Waals surface area contributed by atoms with Crippen LogP contribution in [0, 0.1) is 0 Å². The maximum absolute atomic E-state index is 11.9. The van der Waals surface area contributed by atoms with Crippen LogP contribution < -0.4 is 11.1 Å². The molecule has 0 spiro atoms. The molecule has 1 aromatic rings. The van der Waals surface area contributed by atoms with Crippen LogP contribution in [0.2, 0.25) is 0 Å². The van der Waals surface area contributed by atoms with E-state index in [0.29, 0.717) is 5.56 Å². The molecule has 0 saturated heterocycles. The van der Waals surface area contributed by atoms with Crippen molar-refractivity contribution in [3.8, 4) is 0 Å². The number of nitrogens with one attached hydrogen (secondary N) is 1. The standard InChI is InChI=1S/C9H10F3N3S/c10-9(11,12)3-5-15-8-6(7(13)16)2-1-4-14-8/h1-2,4H,3,5H2,(H2,13,16)(H,14,15). The lowest BCUT2D eigenvalue weighted by Crippen LogP contribution is -2.18. The van der Waals surface area contributed by atoms with Gasteiger partial charge in [-0.3, -0.25) is 0 Å². The van der Waals surface area contributed by atoms with Crippen molar-refractivity contribution in [2.45, 2.75) is 12.6 Å². The van der Waals surface area contributed by atoms with Gasteiger partial charge in [0.1, 0.15) is 10.8 Å². The largest absolute Gasteiger partial charge is 0.390 e. The van der Waals surface area contributed by atoms with E-state index in [1.54, 1.807) is 12.1 Å². The molecule has 88 valence electrons. The molecule has 3 N–H and O–H groups in total. The van der Waals surface area contributed by atoms with E-state index in [9.17, 15) is 13.2 Å². The molecule has 0 fully saturated rings. The second kappa shape index (κ2) is 5.11. The van der Waals surface area contributed by atoms with Gasteiger partial charge in [-0.05, 0) is 12.1 Å². The minimum absolute atomic E-state index is 0.0996. The SMILES string of the molecule is NC(=S)c1cccnc1NCCC(F)(F)F. The number of thiocarbonyl (C=S) groups is 1. The van der Waals surface area contributed by atoms with Gasteiger partial charge in [0.25, 0.3) is 0 Å². The summed E-state index contributed by atoms with van der Waals surface area (Å²) < 4.78 is 35.7. The van der Waals surface area contributed by atoms with Crippen LogP contribution in [-0.2, 0) is 0 Å². The molecule has 7 heteroatoms. The van der Waals surface area contributed by atoms with E-state index in [2.05, 4.69) is 10.3 Å². The molecule has 0 atom stereocenters. The molecule has 0 aromatic carbocycles. The van der Waals surface area contributed by atoms with Gasteiger partial charge in [-0.15, -0.1) is 0 Å². The van der Waals surface area contributed by atoms with Crippen LogP contribution in [-0.4, -0.2) is 22.7 Å². The van der Waals surface area contributed by atoms with Crippen LogP contribution in [0.1, 0.15) is 12.0 Å². The third-order valence-electron chi connectivity index (χ3n) is 1.77. The number of rotatable bonds is 4. The van der Waals surface area contributed by atoms with Gasteiger partial charge in [0.2, 0.25) is 0 Å². The molecule has 0 aliphatic carbocycles. The van der Waals surface area contributed by atoms with E-state index in [0.717, 1.165) is 0 Å². The van der Waals surface area contributed by atoms with Crippen molar-refractivity contribution in [3.63, 3.8) is 0 Å². The van der Waals surface area contributed by atoms with Gasteiger partial charge in [-0.2, -0.15) is 13.2 Å². The number of nitrogens with two attached hydrogens (primary N) is 1. The van der Waals surface area contributed by atoms with Gasteiger partial charge < -0.3 is 11.1 Å². The molecule has 0 amide bonds. The fourth-order valence-electron chi connectivity index (χ4n) is 1.07. The Hall–Kier alpha value is -1.37. The van der Waals surface area contributed by atoms with Crippen molar-refractivity contribution in [1.29, 1.82) is 0 Å². The van der Waals surface area contributed by atoms with E-state index in [1.165, 1.54) is 6.20 Å². The van der Waals surface area contributed by atoms with Crippen LogP contribution in [0.3, 0.4) is 0 Å². The Kier molecular flexibility index (Phi) is 4.05. The average Bonchev–Trinajstić information content (AvgIpc) is 2.16. The van der Waals surface area contributed by atoms with Crippen molar-refractivity contribution in [3.05, 3.63) is 23.9 Å². The Morgan fingerprint density at radius 3 is 2.75 bits per heavy atom.